The van der Waals surface area contributed by atoms with Crippen LogP contribution in [0.3, 0.4) is 0 Å². The summed E-state index contributed by atoms with van der Waals surface area (Å²) in [5, 5.41) is 10.4. The molecule has 0 aromatic carbocycles. The van der Waals surface area contributed by atoms with E-state index in [4.69, 9.17) is 0 Å². The predicted octanol–water partition coefficient (Wildman–Crippen LogP) is 1.37. The van der Waals surface area contributed by atoms with Crippen molar-refractivity contribution in [1.82, 2.24) is 10.2 Å². The maximum Gasteiger partial charge on any atom is 0.146 e. The third kappa shape index (κ3) is 0.902. The molecular formula is C6H8IN3. The standard InChI is InChI=1S/C6H8IN3/c7-6-5-4(9-10-6)2-1-3-8-5/h8H,1-3H2,(H,9,10). The van der Waals surface area contributed by atoms with Gasteiger partial charge >= 0.3 is 0 Å². The third-order valence-electron chi connectivity index (χ3n) is 1.70. The molecule has 3 nitrogen and oxygen atoms in total. The van der Waals surface area contributed by atoms with Gasteiger partial charge in [0.15, 0.2) is 0 Å². The molecule has 0 saturated heterocycles. The van der Waals surface area contributed by atoms with Gasteiger partial charge in [-0.25, -0.2) is 0 Å². The number of H-pyrrole nitrogens is 1. The smallest absolute Gasteiger partial charge is 0.146 e. The number of hydrogen-bond donors (Lipinski definition) is 2. The van der Waals surface area contributed by atoms with Crippen molar-refractivity contribution in [1.29, 1.82) is 0 Å². The molecule has 0 spiro atoms. The molecule has 1 aromatic rings. The first-order chi connectivity index (χ1) is 4.88. The van der Waals surface area contributed by atoms with E-state index in [-0.39, 0.29) is 0 Å². The summed E-state index contributed by atoms with van der Waals surface area (Å²) >= 11 is 2.23. The van der Waals surface area contributed by atoms with Gasteiger partial charge in [-0.3, -0.25) is 5.10 Å². The number of nitrogens with one attached hydrogen (secondary N) is 2. The summed E-state index contributed by atoms with van der Waals surface area (Å²) in [5.41, 5.74) is 2.47. The molecule has 0 fully saturated rings. The Bertz CT molecular complexity index is 243. The first-order valence-corrected chi connectivity index (χ1v) is 4.42. The fourth-order valence-corrected chi connectivity index (χ4v) is 1.83. The van der Waals surface area contributed by atoms with E-state index in [1.165, 1.54) is 17.8 Å². The van der Waals surface area contributed by atoms with Crippen LogP contribution in [0.2, 0.25) is 0 Å². The van der Waals surface area contributed by atoms with Crippen LogP contribution in [0.4, 0.5) is 5.69 Å². The van der Waals surface area contributed by atoms with Crippen LogP contribution in [0, 0.1) is 3.70 Å². The van der Waals surface area contributed by atoms with Crippen molar-refractivity contribution in [3.63, 3.8) is 0 Å². The molecule has 0 unspecified atom stereocenters. The molecule has 1 aliphatic rings. The Kier molecular flexibility index (Phi) is 1.55. The minimum Gasteiger partial charge on any atom is -0.381 e. The minimum atomic E-state index is 1.06. The van der Waals surface area contributed by atoms with Gasteiger partial charge in [0.1, 0.15) is 3.70 Å². The van der Waals surface area contributed by atoms with E-state index in [0.29, 0.717) is 0 Å². The molecule has 2 rings (SSSR count). The highest BCUT2D eigenvalue weighted by molar-refractivity contribution is 14.1. The minimum absolute atomic E-state index is 1.06. The molecule has 0 saturated carbocycles. The third-order valence-corrected chi connectivity index (χ3v) is 2.48. The lowest BCUT2D eigenvalue weighted by Crippen LogP contribution is -2.10. The van der Waals surface area contributed by atoms with Crippen molar-refractivity contribution in [2.24, 2.45) is 0 Å². The van der Waals surface area contributed by atoms with Crippen LogP contribution in [-0.2, 0) is 6.42 Å². The van der Waals surface area contributed by atoms with Gasteiger partial charge in [-0.15, -0.1) is 0 Å². The second-order valence-corrected chi connectivity index (χ2v) is 3.42. The van der Waals surface area contributed by atoms with Crippen molar-refractivity contribution in [2.45, 2.75) is 12.8 Å². The van der Waals surface area contributed by atoms with Crippen LogP contribution >= 0.6 is 22.6 Å². The highest BCUT2D eigenvalue weighted by atomic mass is 127. The van der Waals surface area contributed by atoms with Gasteiger partial charge in [0.05, 0.1) is 11.4 Å². The molecule has 0 aliphatic carbocycles. The van der Waals surface area contributed by atoms with Gasteiger partial charge in [-0.1, -0.05) is 0 Å². The van der Waals surface area contributed by atoms with Crippen molar-refractivity contribution in [2.75, 3.05) is 11.9 Å². The van der Waals surface area contributed by atoms with Crippen molar-refractivity contribution < 1.29 is 0 Å². The zero-order chi connectivity index (χ0) is 6.97. The summed E-state index contributed by atoms with van der Waals surface area (Å²) in [6, 6.07) is 0. The Morgan fingerprint density at radius 3 is 3.20 bits per heavy atom. The molecule has 2 heterocycles. The first kappa shape index (κ1) is 6.45. The average molecular weight is 249 g/mol. The Labute approximate surface area is 72.7 Å². The summed E-state index contributed by atoms with van der Waals surface area (Å²) in [5.74, 6) is 0. The number of halogens is 1. The van der Waals surface area contributed by atoms with E-state index in [1.807, 2.05) is 0 Å². The molecule has 1 aromatic heterocycles. The van der Waals surface area contributed by atoms with Gasteiger partial charge in [-0.05, 0) is 35.4 Å². The Balaban J connectivity index is 2.45. The van der Waals surface area contributed by atoms with E-state index in [1.54, 1.807) is 0 Å². The number of hydrogen-bond acceptors (Lipinski definition) is 2. The van der Waals surface area contributed by atoms with E-state index in [0.717, 1.165) is 16.7 Å². The summed E-state index contributed by atoms with van der Waals surface area (Å²) < 4.78 is 1.06. The monoisotopic (exact) mass is 249 g/mol. The average Bonchev–Trinajstić information content (AvgIpc) is 2.34. The second-order valence-electron chi connectivity index (χ2n) is 2.40. The molecule has 4 heteroatoms. The van der Waals surface area contributed by atoms with E-state index in [2.05, 4.69) is 38.1 Å². The van der Waals surface area contributed by atoms with E-state index < -0.39 is 0 Å². The quantitative estimate of drug-likeness (QED) is 0.682. The first-order valence-electron chi connectivity index (χ1n) is 3.34. The molecule has 10 heavy (non-hydrogen) atoms. The fourth-order valence-electron chi connectivity index (χ4n) is 1.19. The van der Waals surface area contributed by atoms with Crippen molar-refractivity contribution in [3.05, 3.63) is 9.39 Å². The Morgan fingerprint density at radius 1 is 1.50 bits per heavy atom. The number of aromatic amines is 1. The molecule has 2 N–H and O–H groups in total. The number of rotatable bonds is 0. The highest BCUT2D eigenvalue weighted by Gasteiger charge is 2.13. The largest absolute Gasteiger partial charge is 0.381 e. The normalized spacial score (nSPS) is 16.1. The lowest BCUT2D eigenvalue weighted by atomic mass is 10.1. The molecule has 0 radical (unpaired) electrons. The maximum absolute atomic E-state index is 4.10. The van der Waals surface area contributed by atoms with Crippen LogP contribution in [0.15, 0.2) is 0 Å². The van der Waals surface area contributed by atoms with E-state index in [9.17, 15) is 0 Å². The summed E-state index contributed by atoms with van der Waals surface area (Å²) in [6.45, 7) is 1.09. The number of anilines is 1. The van der Waals surface area contributed by atoms with Gasteiger partial charge < -0.3 is 5.32 Å². The molecule has 0 bridgehead atoms. The van der Waals surface area contributed by atoms with Gasteiger partial charge in [0.2, 0.25) is 0 Å². The predicted molar refractivity (Wildman–Crippen MR) is 48.1 cm³/mol. The van der Waals surface area contributed by atoms with Gasteiger partial charge in [0.25, 0.3) is 0 Å². The summed E-state index contributed by atoms with van der Waals surface area (Å²) in [7, 11) is 0. The lowest BCUT2D eigenvalue weighted by molar-refractivity contribution is 0.801. The number of nitrogens with zero attached hydrogens (tertiary/aromatic N) is 1. The Hall–Kier alpha value is -0.260. The number of aryl methyl sites for hydroxylation is 1. The van der Waals surface area contributed by atoms with Crippen LogP contribution in [-0.4, -0.2) is 16.7 Å². The number of aromatic nitrogens is 2. The van der Waals surface area contributed by atoms with Crippen molar-refractivity contribution >= 4 is 28.3 Å². The summed E-state index contributed by atoms with van der Waals surface area (Å²) in [6.07, 6.45) is 2.35. The Morgan fingerprint density at radius 2 is 2.40 bits per heavy atom. The zero-order valence-electron chi connectivity index (χ0n) is 5.45. The van der Waals surface area contributed by atoms with E-state index >= 15 is 0 Å². The van der Waals surface area contributed by atoms with Gasteiger partial charge in [0, 0.05) is 6.54 Å². The zero-order valence-corrected chi connectivity index (χ0v) is 7.60. The molecule has 54 valence electrons. The molecule has 0 atom stereocenters. The molecule has 1 aliphatic heterocycles. The maximum atomic E-state index is 4.10. The SMILES string of the molecule is Ic1n[nH]c2c1NCCC2. The topological polar surface area (TPSA) is 40.7 Å². The van der Waals surface area contributed by atoms with Crippen LogP contribution in [0.25, 0.3) is 0 Å². The van der Waals surface area contributed by atoms with Crippen LogP contribution in [0.5, 0.6) is 0 Å². The van der Waals surface area contributed by atoms with Gasteiger partial charge in [-0.2, -0.15) is 5.10 Å². The second kappa shape index (κ2) is 2.41. The lowest BCUT2D eigenvalue weighted by Gasteiger charge is -2.12. The highest BCUT2D eigenvalue weighted by Crippen LogP contribution is 2.23. The molecule has 0 amide bonds. The van der Waals surface area contributed by atoms with Crippen LogP contribution in [0.1, 0.15) is 12.1 Å². The van der Waals surface area contributed by atoms with Crippen LogP contribution < -0.4 is 5.32 Å². The van der Waals surface area contributed by atoms with Crippen molar-refractivity contribution in [3.8, 4) is 0 Å². The summed E-state index contributed by atoms with van der Waals surface area (Å²) in [4.78, 5) is 0. The number of fused-ring (bicyclic) bond motifs is 1. The molecular weight excluding hydrogens is 241 g/mol. The fraction of sp³-hybridized carbons (Fsp3) is 0.500.